The zero-order valence-corrected chi connectivity index (χ0v) is 12.3. The summed E-state index contributed by atoms with van der Waals surface area (Å²) in [5.41, 5.74) is 0.429. The van der Waals surface area contributed by atoms with Gasteiger partial charge in [-0.25, -0.2) is 8.42 Å². The van der Waals surface area contributed by atoms with E-state index in [-0.39, 0.29) is 4.90 Å². The first-order valence-corrected chi connectivity index (χ1v) is 7.67. The van der Waals surface area contributed by atoms with Gasteiger partial charge in [0.2, 0.25) is 0 Å². The monoisotopic (exact) mass is 345 g/mol. The van der Waals surface area contributed by atoms with E-state index in [1.54, 1.807) is 42.5 Å². The number of sulfonamides is 1. The maximum absolute atomic E-state index is 12.1. The molecule has 94 valence electrons. The fourth-order valence-electron chi connectivity index (χ4n) is 1.42. The molecule has 0 amide bonds. The highest BCUT2D eigenvalue weighted by Gasteiger charge is 2.16. The van der Waals surface area contributed by atoms with Crippen LogP contribution in [0.5, 0.6) is 0 Å². The average Bonchev–Trinajstić information content (AvgIpc) is 2.28. The van der Waals surface area contributed by atoms with Gasteiger partial charge in [-0.1, -0.05) is 29.8 Å². The Labute approximate surface area is 119 Å². The number of hydrogen-bond acceptors (Lipinski definition) is 2. The van der Waals surface area contributed by atoms with Gasteiger partial charge in [0, 0.05) is 9.50 Å². The summed E-state index contributed by atoms with van der Waals surface area (Å²) in [5, 5.41) is 0.474. The Morgan fingerprint density at radius 3 is 2.44 bits per heavy atom. The van der Waals surface area contributed by atoms with Crippen LogP contribution in [0.15, 0.2) is 57.9 Å². The lowest BCUT2D eigenvalue weighted by Gasteiger charge is -2.09. The molecule has 2 aromatic rings. The fraction of sp³-hybridized carbons (Fsp3) is 0. The van der Waals surface area contributed by atoms with Crippen molar-refractivity contribution in [2.45, 2.75) is 4.90 Å². The molecular weight excluding hydrogens is 338 g/mol. The Morgan fingerprint density at radius 2 is 1.78 bits per heavy atom. The minimum atomic E-state index is -3.62. The Hall–Kier alpha value is -1.04. The number of halogens is 2. The van der Waals surface area contributed by atoms with Gasteiger partial charge < -0.3 is 0 Å². The van der Waals surface area contributed by atoms with Crippen LogP contribution >= 0.6 is 27.5 Å². The average molecular weight is 347 g/mol. The normalized spacial score (nSPS) is 11.2. The minimum Gasteiger partial charge on any atom is -0.280 e. The third-order valence-electron chi connectivity index (χ3n) is 2.20. The molecule has 0 aliphatic carbocycles. The van der Waals surface area contributed by atoms with Crippen LogP contribution in [0.25, 0.3) is 0 Å². The number of anilines is 1. The van der Waals surface area contributed by atoms with Crippen LogP contribution in [-0.4, -0.2) is 8.42 Å². The van der Waals surface area contributed by atoms with Crippen molar-refractivity contribution in [3.8, 4) is 0 Å². The van der Waals surface area contributed by atoms with Gasteiger partial charge in [0.1, 0.15) is 4.90 Å². The molecule has 0 heterocycles. The summed E-state index contributed by atoms with van der Waals surface area (Å²) in [6.45, 7) is 0. The van der Waals surface area contributed by atoms with Gasteiger partial charge in [-0.2, -0.15) is 0 Å². The van der Waals surface area contributed by atoms with Gasteiger partial charge >= 0.3 is 0 Å². The van der Waals surface area contributed by atoms with Crippen LogP contribution in [0.4, 0.5) is 5.69 Å². The number of benzene rings is 2. The summed E-state index contributed by atoms with van der Waals surface area (Å²) < 4.78 is 27.3. The van der Waals surface area contributed by atoms with E-state index in [0.29, 0.717) is 15.2 Å². The quantitative estimate of drug-likeness (QED) is 0.916. The second-order valence-corrected chi connectivity index (χ2v) is 6.49. The van der Waals surface area contributed by atoms with Crippen molar-refractivity contribution >= 4 is 43.2 Å². The maximum Gasteiger partial charge on any atom is 0.263 e. The number of hydrogen-bond donors (Lipinski definition) is 1. The number of nitrogens with one attached hydrogen (secondary N) is 1. The van der Waals surface area contributed by atoms with Crippen molar-refractivity contribution in [3.05, 3.63) is 58.0 Å². The molecule has 0 spiro atoms. The Morgan fingerprint density at radius 1 is 1.06 bits per heavy atom. The van der Waals surface area contributed by atoms with E-state index in [1.165, 1.54) is 6.07 Å². The standard InChI is InChI=1S/C12H9BrClNO2S/c13-11-6-1-2-7-12(11)18(16,17)15-10-5-3-4-9(14)8-10/h1-8,15H. The van der Waals surface area contributed by atoms with E-state index in [1.807, 2.05) is 0 Å². The first-order chi connectivity index (χ1) is 8.49. The van der Waals surface area contributed by atoms with Crippen molar-refractivity contribution in [1.29, 1.82) is 0 Å². The van der Waals surface area contributed by atoms with Crippen molar-refractivity contribution in [1.82, 2.24) is 0 Å². The van der Waals surface area contributed by atoms with E-state index in [0.717, 1.165) is 0 Å². The minimum absolute atomic E-state index is 0.185. The van der Waals surface area contributed by atoms with Gasteiger partial charge in [-0.3, -0.25) is 4.72 Å². The van der Waals surface area contributed by atoms with Gasteiger partial charge in [0.15, 0.2) is 0 Å². The van der Waals surface area contributed by atoms with Gasteiger partial charge in [-0.15, -0.1) is 0 Å². The largest absolute Gasteiger partial charge is 0.280 e. The van der Waals surface area contributed by atoms with Crippen molar-refractivity contribution in [2.24, 2.45) is 0 Å². The maximum atomic E-state index is 12.1. The van der Waals surface area contributed by atoms with Crippen LogP contribution < -0.4 is 4.72 Å². The molecular formula is C12H9BrClNO2S. The molecule has 0 fully saturated rings. The molecule has 0 unspecified atom stereocenters. The summed E-state index contributed by atoms with van der Waals surface area (Å²) in [4.78, 5) is 0.185. The summed E-state index contributed by atoms with van der Waals surface area (Å²) >= 11 is 9.02. The van der Waals surface area contributed by atoms with Crippen LogP contribution in [0.3, 0.4) is 0 Å². The molecule has 0 radical (unpaired) electrons. The molecule has 0 bridgehead atoms. The second-order valence-electron chi connectivity index (χ2n) is 3.55. The summed E-state index contributed by atoms with van der Waals surface area (Å²) in [6.07, 6.45) is 0. The molecule has 0 aromatic heterocycles. The lowest BCUT2D eigenvalue weighted by Crippen LogP contribution is -2.13. The highest BCUT2D eigenvalue weighted by atomic mass is 79.9. The Bertz CT molecular complexity index is 673. The molecule has 0 saturated heterocycles. The molecule has 3 nitrogen and oxygen atoms in total. The predicted molar refractivity (Wildman–Crippen MR) is 76.4 cm³/mol. The lowest BCUT2D eigenvalue weighted by atomic mass is 10.3. The van der Waals surface area contributed by atoms with E-state index >= 15 is 0 Å². The smallest absolute Gasteiger partial charge is 0.263 e. The molecule has 0 aliphatic rings. The summed E-state index contributed by atoms with van der Waals surface area (Å²) in [7, 11) is -3.62. The molecule has 2 rings (SSSR count). The van der Waals surface area contributed by atoms with Gasteiger partial charge in [-0.05, 0) is 46.3 Å². The van der Waals surface area contributed by atoms with Crippen molar-refractivity contribution in [3.63, 3.8) is 0 Å². The van der Waals surface area contributed by atoms with Crippen molar-refractivity contribution in [2.75, 3.05) is 4.72 Å². The fourth-order valence-corrected chi connectivity index (χ4v) is 3.67. The summed E-state index contributed by atoms with van der Waals surface area (Å²) in [6, 6.07) is 13.2. The second kappa shape index (κ2) is 5.30. The van der Waals surface area contributed by atoms with Crippen LogP contribution in [0.2, 0.25) is 5.02 Å². The first-order valence-electron chi connectivity index (χ1n) is 5.02. The summed E-state index contributed by atoms with van der Waals surface area (Å²) in [5.74, 6) is 0. The van der Waals surface area contributed by atoms with E-state index < -0.39 is 10.0 Å². The van der Waals surface area contributed by atoms with Crippen LogP contribution in [0, 0.1) is 0 Å². The number of rotatable bonds is 3. The Kier molecular flexibility index (Phi) is 3.94. The zero-order chi connectivity index (χ0) is 13.2. The highest BCUT2D eigenvalue weighted by Crippen LogP contribution is 2.24. The van der Waals surface area contributed by atoms with Gasteiger partial charge in [0.05, 0.1) is 5.69 Å². The van der Waals surface area contributed by atoms with Crippen LogP contribution in [0.1, 0.15) is 0 Å². The predicted octanol–water partition coefficient (Wildman–Crippen LogP) is 3.90. The van der Waals surface area contributed by atoms with E-state index in [9.17, 15) is 8.42 Å². The molecule has 6 heteroatoms. The van der Waals surface area contributed by atoms with Gasteiger partial charge in [0.25, 0.3) is 10.0 Å². The Balaban J connectivity index is 2.37. The highest BCUT2D eigenvalue weighted by molar-refractivity contribution is 9.10. The molecule has 0 aliphatic heterocycles. The SMILES string of the molecule is O=S(=O)(Nc1cccc(Cl)c1)c1ccccc1Br. The van der Waals surface area contributed by atoms with E-state index in [2.05, 4.69) is 20.7 Å². The zero-order valence-electron chi connectivity index (χ0n) is 9.10. The van der Waals surface area contributed by atoms with E-state index in [4.69, 9.17) is 11.6 Å². The topological polar surface area (TPSA) is 46.2 Å². The third-order valence-corrected chi connectivity index (χ3v) is 4.83. The first kappa shape index (κ1) is 13.4. The lowest BCUT2D eigenvalue weighted by molar-refractivity contribution is 0.601. The molecule has 1 N–H and O–H groups in total. The molecule has 2 aromatic carbocycles. The molecule has 0 atom stereocenters. The molecule has 0 saturated carbocycles. The third kappa shape index (κ3) is 3.04. The van der Waals surface area contributed by atoms with Crippen LogP contribution in [-0.2, 0) is 10.0 Å². The molecule has 18 heavy (non-hydrogen) atoms. The van der Waals surface area contributed by atoms with Crippen molar-refractivity contribution < 1.29 is 8.42 Å².